The number of hydrogen-bond donors (Lipinski definition) is 3. The fourth-order valence-electron chi connectivity index (χ4n) is 1.68. The maximum atomic E-state index is 13.9. The molecule has 2 aromatic carbocycles. The van der Waals surface area contributed by atoms with Crippen LogP contribution in [0.2, 0.25) is 10.0 Å². The molecule has 0 radical (unpaired) electrons. The molecule has 0 amide bonds. The minimum absolute atomic E-state index is 0.116. The van der Waals surface area contributed by atoms with Crippen LogP contribution in [0.1, 0.15) is 5.56 Å². The molecule has 2 rings (SSSR count). The van der Waals surface area contributed by atoms with Crippen LogP contribution in [0.25, 0.3) is 0 Å². The molecule has 0 aliphatic carbocycles. The van der Waals surface area contributed by atoms with E-state index in [1.165, 1.54) is 6.07 Å². The van der Waals surface area contributed by atoms with Gasteiger partial charge in [-0.1, -0.05) is 35.3 Å². The zero-order valence-corrected chi connectivity index (χ0v) is 11.4. The number of nitrogen functional groups attached to an aromatic ring is 2. The van der Waals surface area contributed by atoms with Crippen LogP contribution in [0.5, 0.6) is 0 Å². The molecule has 0 aliphatic heterocycles. The van der Waals surface area contributed by atoms with Gasteiger partial charge < -0.3 is 16.8 Å². The van der Waals surface area contributed by atoms with Crippen LogP contribution in [0.4, 0.5) is 21.5 Å². The van der Waals surface area contributed by atoms with Gasteiger partial charge >= 0.3 is 0 Å². The van der Waals surface area contributed by atoms with E-state index in [1.54, 1.807) is 12.1 Å². The lowest BCUT2D eigenvalue weighted by atomic mass is 10.2. The topological polar surface area (TPSA) is 64.1 Å². The molecule has 0 spiro atoms. The first-order chi connectivity index (χ1) is 8.99. The molecule has 5 N–H and O–H groups in total. The van der Waals surface area contributed by atoms with Gasteiger partial charge in [-0.05, 0) is 23.8 Å². The van der Waals surface area contributed by atoms with Crippen molar-refractivity contribution in [2.75, 3.05) is 16.8 Å². The van der Waals surface area contributed by atoms with Gasteiger partial charge in [-0.2, -0.15) is 0 Å². The van der Waals surface area contributed by atoms with Crippen LogP contribution in [0.15, 0.2) is 30.3 Å². The van der Waals surface area contributed by atoms with Crippen molar-refractivity contribution in [3.8, 4) is 0 Å². The third-order valence-electron chi connectivity index (χ3n) is 2.62. The average molecular weight is 300 g/mol. The molecule has 19 heavy (non-hydrogen) atoms. The van der Waals surface area contributed by atoms with Crippen LogP contribution in [-0.4, -0.2) is 0 Å². The highest BCUT2D eigenvalue weighted by Gasteiger charge is 2.13. The van der Waals surface area contributed by atoms with Crippen LogP contribution in [-0.2, 0) is 6.54 Å². The number of hydrogen-bond acceptors (Lipinski definition) is 3. The minimum Gasteiger partial charge on any atom is -0.397 e. The highest BCUT2D eigenvalue weighted by molar-refractivity contribution is 6.33. The fourth-order valence-corrected chi connectivity index (χ4v) is 2.05. The summed E-state index contributed by atoms with van der Waals surface area (Å²) in [6, 6.07) is 8.65. The molecular formula is C13H12Cl2FN3. The summed E-state index contributed by atoms with van der Waals surface area (Å²) >= 11 is 11.6. The van der Waals surface area contributed by atoms with Gasteiger partial charge in [0.1, 0.15) is 5.02 Å². The maximum Gasteiger partial charge on any atom is 0.169 e. The van der Waals surface area contributed by atoms with Crippen LogP contribution >= 0.6 is 23.2 Å². The second kappa shape index (κ2) is 5.55. The van der Waals surface area contributed by atoms with Crippen molar-refractivity contribution in [1.82, 2.24) is 0 Å². The van der Waals surface area contributed by atoms with E-state index in [0.717, 1.165) is 5.56 Å². The largest absolute Gasteiger partial charge is 0.397 e. The molecule has 2 aromatic rings. The van der Waals surface area contributed by atoms with Gasteiger partial charge in [-0.25, -0.2) is 4.39 Å². The fraction of sp³-hybridized carbons (Fsp3) is 0.0769. The van der Waals surface area contributed by atoms with Crippen molar-refractivity contribution >= 4 is 40.3 Å². The second-order valence-electron chi connectivity index (χ2n) is 4.04. The van der Waals surface area contributed by atoms with E-state index in [2.05, 4.69) is 5.32 Å². The van der Waals surface area contributed by atoms with Crippen molar-refractivity contribution in [2.24, 2.45) is 0 Å². The molecule has 0 fully saturated rings. The molecule has 0 heterocycles. The predicted molar refractivity (Wildman–Crippen MR) is 79.0 cm³/mol. The summed E-state index contributed by atoms with van der Waals surface area (Å²) in [7, 11) is 0. The third-order valence-corrected chi connectivity index (χ3v) is 3.24. The highest BCUT2D eigenvalue weighted by Crippen LogP contribution is 2.33. The molecule has 0 aliphatic rings. The Bertz CT molecular complexity index is 617. The van der Waals surface area contributed by atoms with E-state index >= 15 is 0 Å². The quantitative estimate of drug-likeness (QED) is 0.753. The minimum atomic E-state index is -0.652. The Morgan fingerprint density at radius 1 is 1.11 bits per heavy atom. The van der Waals surface area contributed by atoms with Gasteiger partial charge in [-0.3, -0.25) is 0 Å². The molecule has 0 aromatic heterocycles. The van der Waals surface area contributed by atoms with Gasteiger partial charge in [0.05, 0.1) is 17.1 Å². The lowest BCUT2D eigenvalue weighted by molar-refractivity contribution is 0.632. The van der Waals surface area contributed by atoms with E-state index in [4.69, 9.17) is 34.7 Å². The first-order valence-electron chi connectivity index (χ1n) is 5.50. The SMILES string of the molecule is Nc1cc(N)c(NCc2cccc(Cl)c2)c(F)c1Cl. The first kappa shape index (κ1) is 13.8. The van der Waals surface area contributed by atoms with Gasteiger partial charge in [0.2, 0.25) is 0 Å². The summed E-state index contributed by atoms with van der Waals surface area (Å²) in [5.74, 6) is -0.652. The highest BCUT2D eigenvalue weighted by atomic mass is 35.5. The Balaban J connectivity index is 2.23. The summed E-state index contributed by atoms with van der Waals surface area (Å²) in [6.07, 6.45) is 0. The Morgan fingerprint density at radius 2 is 1.84 bits per heavy atom. The monoisotopic (exact) mass is 299 g/mol. The molecule has 0 bridgehead atoms. The van der Waals surface area contributed by atoms with Crippen molar-refractivity contribution < 1.29 is 4.39 Å². The Hall–Kier alpha value is -1.65. The molecule has 3 nitrogen and oxygen atoms in total. The smallest absolute Gasteiger partial charge is 0.169 e. The van der Waals surface area contributed by atoms with Crippen molar-refractivity contribution in [1.29, 1.82) is 0 Å². The summed E-state index contributed by atoms with van der Waals surface area (Å²) < 4.78 is 13.9. The lowest BCUT2D eigenvalue weighted by Gasteiger charge is -2.13. The van der Waals surface area contributed by atoms with Crippen LogP contribution in [0.3, 0.4) is 0 Å². The molecule has 0 unspecified atom stereocenters. The number of nitrogens with one attached hydrogen (secondary N) is 1. The normalized spacial score (nSPS) is 10.5. The van der Waals surface area contributed by atoms with E-state index in [9.17, 15) is 4.39 Å². The van der Waals surface area contributed by atoms with E-state index < -0.39 is 5.82 Å². The summed E-state index contributed by atoms with van der Waals surface area (Å²) in [6.45, 7) is 0.377. The molecule has 100 valence electrons. The van der Waals surface area contributed by atoms with Crippen LogP contribution < -0.4 is 16.8 Å². The number of nitrogens with two attached hydrogens (primary N) is 2. The second-order valence-corrected chi connectivity index (χ2v) is 4.86. The molecular weight excluding hydrogens is 288 g/mol. The number of benzene rings is 2. The van der Waals surface area contributed by atoms with Crippen LogP contribution in [0, 0.1) is 5.82 Å². The molecule has 6 heteroatoms. The number of rotatable bonds is 3. The van der Waals surface area contributed by atoms with Gasteiger partial charge in [0, 0.05) is 11.6 Å². The molecule has 0 saturated heterocycles. The first-order valence-corrected chi connectivity index (χ1v) is 6.26. The standard InChI is InChI=1S/C13H12Cl2FN3/c14-8-3-1-2-7(4-8)6-19-13-10(18)5-9(17)11(15)12(13)16/h1-5,19H,6,17-18H2. The summed E-state index contributed by atoms with van der Waals surface area (Å²) in [5, 5.41) is 3.37. The summed E-state index contributed by atoms with van der Waals surface area (Å²) in [4.78, 5) is 0. The Kier molecular flexibility index (Phi) is 4.02. The van der Waals surface area contributed by atoms with Gasteiger partial charge in [-0.15, -0.1) is 0 Å². The van der Waals surface area contributed by atoms with Crippen molar-refractivity contribution in [2.45, 2.75) is 6.54 Å². The molecule has 0 saturated carbocycles. The van der Waals surface area contributed by atoms with Gasteiger partial charge in [0.15, 0.2) is 5.82 Å². The summed E-state index contributed by atoms with van der Waals surface area (Å²) in [5.41, 5.74) is 12.6. The van der Waals surface area contributed by atoms with Gasteiger partial charge in [0.25, 0.3) is 0 Å². The van der Waals surface area contributed by atoms with Crippen molar-refractivity contribution in [3.05, 3.63) is 51.8 Å². The van der Waals surface area contributed by atoms with E-state index in [1.807, 2.05) is 12.1 Å². The Morgan fingerprint density at radius 3 is 2.53 bits per heavy atom. The van der Waals surface area contributed by atoms with E-state index in [-0.39, 0.29) is 22.1 Å². The van der Waals surface area contributed by atoms with E-state index in [0.29, 0.717) is 11.6 Å². The average Bonchev–Trinajstić information content (AvgIpc) is 2.36. The third kappa shape index (κ3) is 3.03. The zero-order chi connectivity index (χ0) is 14.0. The number of anilines is 3. The maximum absolute atomic E-state index is 13.9. The zero-order valence-electron chi connectivity index (χ0n) is 9.88. The lowest BCUT2D eigenvalue weighted by Crippen LogP contribution is -2.06. The number of halogens is 3. The molecule has 0 atom stereocenters. The predicted octanol–water partition coefficient (Wildman–Crippen LogP) is 3.91. The van der Waals surface area contributed by atoms with Crippen molar-refractivity contribution in [3.63, 3.8) is 0 Å². The Labute approximate surface area is 120 Å².